The van der Waals surface area contributed by atoms with Crippen LogP contribution in [0.3, 0.4) is 0 Å². The summed E-state index contributed by atoms with van der Waals surface area (Å²) in [5, 5.41) is 11.2. The first kappa shape index (κ1) is 14.0. The maximum atomic E-state index is 11.8. The molecule has 7 heteroatoms. The molecule has 2 unspecified atom stereocenters. The van der Waals surface area contributed by atoms with Crippen molar-refractivity contribution in [2.24, 2.45) is 5.73 Å². The van der Waals surface area contributed by atoms with Crippen molar-refractivity contribution in [3.05, 3.63) is 38.3 Å². The Labute approximate surface area is 118 Å². The topological polar surface area (TPSA) is 89.5 Å². The van der Waals surface area contributed by atoms with Gasteiger partial charge in [-0.2, -0.15) is 0 Å². The molecule has 0 radical (unpaired) electrons. The third-order valence-electron chi connectivity index (χ3n) is 3.42. The number of rotatable bonds is 2. The molecule has 19 heavy (non-hydrogen) atoms. The molecule has 1 fully saturated rings. The number of nitro benzene ring substituents is 1. The molecule has 0 bridgehead atoms. The molecule has 1 amide bonds. The van der Waals surface area contributed by atoms with Gasteiger partial charge in [0.1, 0.15) is 0 Å². The summed E-state index contributed by atoms with van der Waals surface area (Å²) in [5.74, 6) is -0.0380. The summed E-state index contributed by atoms with van der Waals surface area (Å²) in [6.45, 7) is 0. The molecule has 0 aromatic heterocycles. The van der Waals surface area contributed by atoms with Gasteiger partial charge in [0.25, 0.3) is 5.69 Å². The van der Waals surface area contributed by atoms with Gasteiger partial charge in [0, 0.05) is 30.0 Å². The summed E-state index contributed by atoms with van der Waals surface area (Å²) in [7, 11) is 1.64. The van der Waals surface area contributed by atoms with E-state index in [1.54, 1.807) is 19.2 Å². The van der Waals surface area contributed by atoms with Crippen molar-refractivity contribution < 1.29 is 9.72 Å². The van der Waals surface area contributed by atoms with E-state index in [1.807, 2.05) is 0 Å². The summed E-state index contributed by atoms with van der Waals surface area (Å²) < 4.78 is 0.626. The fourth-order valence-corrected chi connectivity index (χ4v) is 2.78. The van der Waals surface area contributed by atoms with Crippen LogP contribution in [-0.2, 0) is 4.79 Å². The number of hydrogen-bond acceptors (Lipinski definition) is 4. The number of carbonyl (C=O) groups is 1. The first-order chi connectivity index (χ1) is 8.91. The molecule has 1 heterocycles. The Bertz CT molecular complexity index is 535. The van der Waals surface area contributed by atoms with E-state index in [4.69, 9.17) is 5.73 Å². The number of amides is 1. The largest absolute Gasteiger partial charge is 0.337 e. The Hall–Kier alpha value is -1.47. The highest BCUT2D eigenvalue weighted by Gasteiger charge is 2.36. The molecule has 1 aromatic carbocycles. The van der Waals surface area contributed by atoms with Crippen LogP contribution in [0.2, 0.25) is 0 Å². The lowest BCUT2D eigenvalue weighted by Crippen LogP contribution is -2.47. The fraction of sp³-hybridized carbons (Fsp3) is 0.417. The quantitative estimate of drug-likeness (QED) is 0.664. The average molecular weight is 328 g/mol. The summed E-state index contributed by atoms with van der Waals surface area (Å²) in [6.07, 6.45) is 0.930. The van der Waals surface area contributed by atoms with E-state index in [-0.39, 0.29) is 17.6 Å². The summed E-state index contributed by atoms with van der Waals surface area (Å²) in [6, 6.07) is 4.08. The Morgan fingerprint density at radius 2 is 2.21 bits per heavy atom. The fourth-order valence-electron chi connectivity index (χ4n) is 2.43. The number of likely N-dealkylation sites (N-methyl/N-ethyl adjacent to an activating group) is 1. The van der Waals surface area contributed by atoms with Crippen molar-refractivity contribution in [3.8, 4) is 0 Å². The van der Waals surface area contributed by atoms with Crippen LogP contribution >= 0.6 is 15.9 Å². The molecule has 0 spiro atoms. The van der Waals surface area contributed by atoms with Gasteiger partial charge in [-0.25, -0.2) is 0 Å². The lowest BCUT2D eigenvalue weighted by atomic mass is 9.90. The third kappa shape index (κ3) is 2.62. The van der Waals surface area contributed by atoms with E-state index in [9.17, 15) is 14.9 Å². The predicted molar refractivity (Wildman–Crippen MR) is 73.5 cm³/mol. The zero-order valence-corrected chi connectivity index (χ0v) is 12.0. The summed E-state index contributed by atoms with van der Waals surface area (Å²) in [5.41, 5.74) is 6.51. The van der Waals surface area contributed by atoms with Gasteiger partial charge in [0.05, 0.1) is 16.5 Å². The summed E-state index contributed by atoms with van der Waals surface area (Å²) in [4.78, 5) is 24.0. The molecule has 6 nitrogen and oxygen atoms in total. The second-order valence-electron chi connectivity index (χ2n) is 4.61. The van der Waals surface area contributed by atoms with E-state index in [0.29, 0.717) is 22.9 Å². The Kier molecular flexibility index (Phi) is 3.86. The zero-order chi connectivity index (χ0) is 14.2. The minimum atomic E-state index is -0.449. The molecule has 1 aliphatic rings. The number of benzene rings is 1. The monoisotopic (exact) mass is 327 g/mol. The van der Waals surface area contributed by atoms with Crippen molar-refractivity contribution in [2.75, 3.05) is 7.05 Å². The van der Waals surface area contributed by atoms with Gasteiger partial charge in [-0.05, 0) is 18.6 Å². The van der Waals surface area contributed by atoms with Crippen LogP contribution in [0.1, 0.15) is 24.4 Å². The standard InChI is InChI=1S/C12H14BrN3O3/c1-15-11(17)5-4-9(14)12(15)8-3-2-7(13)6-10(8)16(18)19/h2-3,6,9,12H,4-5,14H2,1H3. The third-order valence-corrected chi connectivity index (χ3v) is 3.91. The maximum absolute atomic E-state index is 11.8. The highest BCUT2D eigenvalue weighted by atomic mass is 79.9. The number of carbonyl (C=O) groups excluding carboxylic acids is 1. The van der Waals surface area contributed by atoms with Gasteiger partial charge in [-0.15, -0.1) is 0 Å². The number of halogens is 1. The number of nitro groups is 1. The number of likely N-dealkylation sites (tertiary alicyclic amines) is 1. The Morgan fingerprint density at radius 1 is 1.53 bits per heavy atom. The number of nitrogens with zero attached hydrogens (tertiary/aromatic N) is 2. The number of piperidine rings is 1. The van der Waals surface area contributed by atoms with Crippen LogP contribution in [0.5, 0.6) is 0 Å². The van der Waals surface area contributed by atoms with E-state index in [2.05, 4.69) is 15.9 Å². The minimum absolute atomic E-state index is 0.0172. The van der Waals surface area contributed by atoms with Crippen molar-refractivity contribution in [2.45, 2.75) is 24.9 Å². The number of hydrogen-bond donors (Lipinski definition) is 1. The van der Waals surface area contributed by atoms with Crippen LogP contribution in [0.25, 0.3) is 0 Å². The second kappa shape index (κ2) is 5.26. The number of nitrogens with two attached hydrogens (primary N) is 1. The molecule has 0 saturated carbocycles. The normalized spacial score (nSPS) is 23.5. The molecular formula is C12H14BrN3O3. The van der Waals surface area contributed by atoms with E-state index in [1.165, 1.54) is 11.0 Å². The molecule has 1 aliphatic heterocycles. The Morgan fingerprint density at radius 3 is 2.84 bits per heavy atom. The van der Waals surface area contributed by atoms with E-state index >= 15 is 0 Å². The molecule has 0 aliphatic carbocycles. The average Bonchev–Trinajstić information content (AvgIpc) is 2.36. The minimum Gasteiger partial charge on any atom is -0.337 e. The highest BCUT2D eigenvalue weighted by molar-refractivity contribution is 9.10. The van der Waals surface area contributed by atoms with Gasteiger partial charge in [-0.3, -0.25) is 14.9 Å². The van der Waals surface area contributed by atoms with Crippen LogP contribution < -0.4 is 5.73 Å². The van der Waals surface area contributed by atoms with E-state index in [0.717, 1.165) is 0 Å². The highest BCUT2D eigenvalue weighted by Crippen LogP contribution is 2.36. The van der Waals surface area contributed by atoms with Gasteiger partial charge in [-0.1, -0.05) is 15.9 Å². The Balaban J connectivity index is 2.50. The first-order valence-electron chi connectivity index (χ1n) is 5.87. The van der Waals surface area contributed by atoms with E-state index < -0.39 is 11.0 Å². The van der Waals surface area contributed by atoms with Gasteiger partial charge in [0.15, 0.2) is 0 Å². The maximum Gasteiger partial charge on any atom is 0.275 e. The molecule has 1 aromatic rings. The molecule has 2 N–H and O–H groups in total. The first-order valence-corrected chi connectivity index (χ1v) is 6.66. The van der Waals surface area contributed by atoms with Crippen molar-refractivity contribution in [1.82, 2.24) is 4.90 Å². The van der Waals surface area contributed by atoms with Crippen LogP contribution in [0, 0.1) is 10.1 Å². The van der Waals surface area contributed by atoms with Gasteiger partial charge < -0.3 is 10.6 Å². The predicted octanol–water partition coefficient (Wildman–Crippen LogP) is 1.98. The van der Waals surface area contributed by atoms with Gasteiger partial charge >= 0.3 is 0 Å². The molecule has 2 rings (SSSR count). The molecule has 2 atom stereocenters. The lowest BCUT2D eigenvalue weighted by molar-refractivity contribution is -0.386. The lowest BCUT2D eigenvalue weighted by Gasteiger charge is -2.37. The van der Waals surface area contributed by atoms with Crippen molar-refractivity contribution >= 4 is 27.5 Å². The van der Waals surface area contributed by atoms with Crippen molar-refractivity contribution in [1.29, 1.82) is 0 Å². The zero-order valence-electron chi connectivity index (χ0n) is 10.4. The summed E-state index contributed by atoms with van der Waals surface area (Å²) >= 11 is 3.21. The SMILES string of the molecule is CN1C(=O)CCC(N)C1c1ccc(Br)cc1[N+](=O)[O-]. The van der Waals surface area contributed by atoms with Crippen molar-refractivity contribution in [3.63, 3.8) is 0 Å². The smallest absolute Gasteiger partial charge is 0.275 e. The molecular weight excluding hydrogens is 314 g/mol. The van der Waals surface area contributed by atoms with Crippen LogP contribution in [0.15, 0.2) is 22.7 Å². The molecule has 1 saturated heterocycles. The van der Waals surface area contributed by atoms with Gasteiger partial charge in [0.2, 0.25) is 5.91 Å². The van der Waals surface area contributed by atoms with Crippen LogP contribution in [0.4, 0.5) is 5.69 Å². The van der Waals surface area contributed by atoms with Crippen LogP contribution in [-0.4, -0.2) is 28.8 Å². The second-order valence-corrected chi connectivity index (χ2v) is 5.53. The molecule has 102 valence electrons.